The molecule has 9 heteroatoms. The largest absolute Gasteiger partial charge is 0.472 e. The molecule has 0 saturated heterocycles. The van der Waals surface area contributed by atoms with Crippen molar-refractivity contribution in [1.29, 1.82) is 0 Å². The van der Waals surface area contributed by atoms with Crippen molar-refractivity contribution in [3.8, 4) is 0 Å². The number of quaternary nitrogens is 1. The van der Waals surface area contributed by atoms with E-state index in [9.17, 15) is 19.4 Å². The van der Waals surface area contributed by atoms with Crippen molar-refractivity contribution in [1.82, 2.24) is 5.32 Å². The Labute approximate surface area is 349 Å². The van der Waals surface area contributed by atoms with Gasteiger partial charge in [-0.1, -0.05) is 226 Å². The van der Waals surface area contributed by atoms with Gasteiger partial charge in [0.15, 0.2) is 0 Å². The zero-order valence-electron chi connectivity index (χ0n) is 38.2. The molecule has 3 unspecified atom stereocenters. The Kier molecular flexibility index (Phi) is 39.6. The van der Waals surface area contributed by atoms with Crippen LogP contribution in [0.2, 0.25) is 0 Å². The summed E-state index contributed by atoms with van der Waals surface area (Å²) in [6.45, 7) is 4.88. The van der Waals surface area contributed by atoms with E-state index in [1.54, 1.807) is 0 Å². The van der Waals surface area contributed by atoms with Crippen LogP contribution in [0.4, 0.5) is 0 Å². The Balaban J connectivity index is 3.98. The van der Waals surface area contributed by atoms with E-state index >= 15 is 0 Å². The average molecular weight is 818 g/mol. The highest BCUT2D eigenvalue weighted by atomic mass is 31.2. The van der Waals surface area contributed by atoms with Gasteiger partial charge in [-0.3, -0.25) is 13.8 Å². The van der Waals surface area contributed by atoms with E-state index in [2.05, 4.69) is 19.2 Å². The number of hydrogen-bond donors (Lipinski definition) is 3. The van der Waals surface area contributed by atoms with E-state index < -0.39 is 20.0 Å². The van der Waals surface area contributed by atoms with Crippen molar-refractivity contribution in [2.75, 3.05) is 40.9 Å². The van der Waals surface area contributed by atoms with Crippen molar-refractivity contribution in [2.45, 2.75) is 257 Å². The first-order valence-corrected chi connectivity index (χ1v) is 25.9. The maximum Gasteiger partial charge on any atom is 0.472 e. The molecule has 0 aliphatic rings. The minimum absolute atomic E-state index is 0.0781. The fraction of sp³-hybridized carbons (Fsp3) is 0.979. The summed E-state index contributed by atoms with van der Waals surface area (Å²) in [6.07, 6.45) is 44.5. The van der Waals surface area contributed by atoms with E-state index in [0.717, 1.165) is 38.5 Å². The number of rotatable bonds is 45. The predicted octanol–water partition coefficient (Wildman–Crippen LogP) is 13.8. The fourth-order valence-electron chi connectivity index (χ4n) is 7.46. The topological polar surface area (TPSA) is 105 Å². The van der Waals surface area contributed by atoms with Gasteiger partial charge in [-0.05, 0) is 12.8 Å². The summed E-state index contributed by atoms with van der Waals surface area (Å²) in [6, 6.07) is -0.751. The summed E-state index contributed by atoms with van der Waals surface area (Å²) in [5, 5.41) is 13.9. The van der Waals surface area contributed by atoms with Crippen LogP contribution in [0.3, 0.4) is 0 Å². The van der Waals surface area contributed by atoms with Crippen molar-refractivity contribution in [3.05, 3.63) is 0 Å². The Morgan fingerprint density at radius 1 is 0.536 bits per heavy atom. The smallest absolute Gasteiger partial charge is 0.391 e. The molecule has 336 valence electrons. The van der Waals surface area contributed by atoms with Crippen molar-refractivity contribution >= 4 is 13.7 Å². The molecule has 1 amide bonds. The van der Waals surface area contributed by atoms with E-state index in [1.807, 2.05) is 21.1 Å². The molecular formula is C47H98N2O6P+. The van der Waals surface area contributed by atoms with Crippen LogP contribution in [-0.2, 0) is 18.4 Å². The highest BCUT2D eigenvalue weighted by molar-refractivity contribution is 7.47. The first-order valence-electron chi connectivity index (χ1n) is 24.4. The molecule has 56 heavy (non-hydrogen) atoms. The molecule has 0 bridgehead atoms. The third-order valence-electron chi connectivity index (χ3n) is 11.4. The van der Waals surface area contributed by atoms with Crippen LogP contribution in [0.25, 0.3) is 0 Å². The predicted molar refractivity (Wildman–Crippen MR) is 240 cm³/mol. The van der Waals surface area contributed by atoms with Gasteiger partial charge in [-0.15, -0.1) is 0 Å². The molecule has 8 nitrogen and oxygen atoms in total. The molecule has 0 aromatic rings. The number of phosphoric acid groups is 1. The lowest BCUT2D eigenvalue weighted by atomic mass is 10.0. The maximum absolute atomic E-state index is 12.9. The average Bonchev–Trinajstić information content (AvgIpc) is 3.15. The zero-order chi connectivity index (χ0) is 41.4. The number of carbonyl (C=O) groups excluding carboxylic acids is 1. The van der Waals surface area contributed by atoms with Crippen molar-refractivity contribution < 1.29 is 32.9 Å². The molecule has 0 rings (SSSR count). The van der Waals surface area contributed by atoms with Gasteiger partial charge in [0.2, 0.25) is 5.91 Å². The number of nitrogens with zero attached hydrogens (tertiary/aromatic N) is 1. The van der Waals surface area contributed by atoms with Crippen molar-refractivity contribution in [2.24, 2.45) is 0 Å². The first kappa shape index (κ1) is 55.5. The number of phosphoric ester groups is 1. The number of unbranched alkanes of at least 4 members (excludes halogenated alkanes) is 32. The lowest BCUT2D eigenvalue weighted by Gasteiger charge is -2.26. The number of likely N-dealkylation sites (N-methyl/N-ethyl adjacent to an activating group) is 1. The summed E-state index contributed by atoms with van der Waals surface area (Å²) in [5.74, 6) is -0.142. The molecule has 3 atom stereocenters. The van der Waals surface area contributed by atoms with Gasteiger partial charge in [-0.2, -0.15) is 0 Å². The molecule has 0 spiro atoms. The summed E-state index contributed by atoms with van der Waals surface area (Å²) < 4.78 is 23.6. The van der Waals surface area contributed by atoms with Crippen molar-refractivity contribution in [3.63, 3.8) is 0 Å². The minimum Gasteiger partial charge on any atom is -0.391 e. The lowest BCUT2D eigenvalue weighted by molar-refractivity contribution is -0.870. The number of hydrogen-bond acceptors (Lipinski definition) is 5. The summed E-state index contributed by atoms with van der Waals surface area (Å²) in [5.41, 5.74) is 0. The van der Waals surface area contributed by atoms with Crippen LogP contribution < -0.4 is 5.32 Å². The monoisotopic (exact) mass is 818 g/mol. The van der Waals surface area contributed by atoms with Crippen LogP contribution in [0, 0.1) is 0 Å². The SMILES string of the molecule is CCCCCCCCCCCCCCCCCCCCCCCCCCCCC(=O)NC(COP(=O)(O)OCC[N+](C)(C)C)C(O)CCCCCCCCCC. The molecular weight excluding hydrogens is 719 g/mol. The molecule has 0 fully saturated rings. The van der Waals surface area contributed by atoms with Crippen LogP contribution in [-0.4, -0.2) is 73.4 Å². The Hall–Kier alpha value is -0.500. The normalized spacial score (nSPS) is 14.2. The third-order valence-corrected chi connectivity index (χ3v) is 12.3. The zero-order valence-corrected chi connectivity index (χ0v) is 39.0. The van der Waals surface area contributed by atoms with Gasteiger partial charge in [0.1, 0.15) is 13.2 Å². The third kappa shape index (κ3) is 41.7. The minimum atomic E-state index is -4.30. The lowest BCUT2D eigenvalue weighted by Crippen LogP contribution is -2.46. The van der Waals surface area contributed by atoms with Crippen LogP contribution >= 0.6 is 7.82 Å². The molecule has 0 saturated carbocycles. The van der Waals surface area contributed by atoms with Crippen LogP contribution in [0.1, 0.15) is 245 Å². The van der Waals surface area contributed by atoms with E-state index in [-0.39, 0.29) is 19.1 Å². The number of amides is 1. The Morgan fingerprint density at radius 3 is 1.20 bits per heavy atom. The molecule has 0 radical (unpaired) electrons. The van der Waals surface area contributed by atoms with E-state index in [0.29, 0.717) is 23.9 Å². The number of carbonyl (C=O) groups is 1. The van der Waals surface area contributed by atoms with Gasteiger partial charge in [-0.25, -0.2) is 4.57 Å². The number of nitrogens with one attached hydrogen (secondary N) is 1. The fourth-order valence-corrected chi connectivity index (χ4v) is 8.20. The van der Waals surface area contributed by atoms with E-state index in [4.69, 9.17) is 9.05 Å². The molecule has 0 aliphatic carbocycles. The van der Waals surface area contributed by atoms with Gasteiger partial charge in [0, 0.05) is 6.42 Å². The van der Waals surface area contributed by atoms with Gasteiger partial charge < -0.3 is 19.8 Å². The Bertz CT molecular complexity index is 885. The highest BCUT2D eigenvalue weighted by Gasteiger charge is 2.28. The summed E-state index contributed by atoms with van der Waals surface area (Å²) >= 11 is 0. The standard InChI is InChI=1S/C47H97N2O6P/c1-6-8-10-12-14-16-17-18-19-20-21-22-23-24-25-26-27-28-29-30-31-32-33-35-37-39-41-47(51)48-45(44-55-56(52,53)54-43-42-49(3,4)5)46(50)40-38-36-34-15-13-11-9-7-2/h45-46,50H,6-44H2,1-5H3,(H-,48,51,52,53)/p+1. The van der Waals surface area contributed by atoms with Gasteiger partial charge in [0.25, 0.3) is 0 Å². The first-order chi connectivity index (χ1) is 27.0. The number of aliphatic hydroxyl groups excluding tert-OH is 1. The van der Waals surface area contributed by atoms with Crippen LogP contribution in [0.5, 0.6) is 0 Å². The molecule has 3 N–H and O–H groups in total. The van der Waals surface area contributed by atoms with Crippen LogP contribution in [0.15, 0.2) is 0 Å². The highest BCUT2D eigenvalue weighted by Crippen LogP contribution is 2.43. The molecule has 0 heterocycles. The van der Waals surface area contributed by atoms with E-state index in [1.165, 1.54) is 180 Å². The summed E-state index contributed by atoms with van der Waals surface area (Å²) in [4.78, 5) is 23.1. The Morgan fingerprint density at radius 2 is 0.857 bits per heavy atom. The maximum atomic E-state index is 12.9. The second kappa shape index (κ2) is 39.9. The van der Waals surface area contributed by atoms with Gasteiger partial charge in [0.05, 0.1) is 39.9 Å². The molecule has 0 aromatic carbocycles. The van der Waals surface area contributed by atoms with Gasteiger partial charge >= 0.3 is 7.82 Å². The summed E-state index contributed by atoms with van der Waals surface area (Å²) in [7, 11) is 1.63. The second-order valence-corrected chi connectivity index (χ2v) is 19.7. The molecule has 0 aliphatic heterocycles. The number of aliphatic hydroxyl groups is 1. The second-order valence-electron chi connectivity index (χ2n) is 18.2. The quantitative estimate of drug-likeness (QED) is 0.0321. The molecule has 0 aromatic heterocycles.